The summed E-state index contributed by atoms with van der Waals surface area (Å²) in [7, 11) is 0. The van der Waals surface area contributed by atoms with Crippen LogP contribution in [0.3, 0.4) is 0 Å². The summed E-state index contributed by atoms with van der Waals surface area (Å²) in [6, 6.07) is 5.32. The standard InChI is InChI=1S/C10H16N2O.ClH/c1-2-7-4-3-5-8(10(7)13)9(12)6-11;/h3-5,9,13H,2,6,11-12H2,1H3;1H/t9-;/m0./s1. The Bertz CT molecular complexity index is 291. The second kappa shape index (κ2) is 5.86. The monoisotopic (exact) mass is 216 g/mol. The van der Waals surface area contributed by atoms with Gasteiger partial charge >= 0.3 is 0 Å². The molecule has 0 aliphatic rings. The number of aryl methyl sites for hydroxylation is 1. The van der Waals surface area contributed by atoms with Crippen LogP contribution in [0.5, 0.6) is 5.75 Å². The molecule has 5 N–H and O–H groups in total. The second-order valence-corrected chi connectivity index (χ2v) is 3.05. The predicted molar refractivity (Wildman–Crippen MR) is 60.7 cm³/mol. The Hall–Kier alpha value is -0.770. The Morgan fingerprint density at radius 1 is 1.43 bits per heavy atom. The Balaban J connectivity index is 0.00000169. The van der Waals surface area contributed by atoms with Crippen LogP contribution in [-0.4, -0.2) is 11.7 Å². The minimum atomic E-state index is -0.272. The number of para-hydroxylation sites is 1. The molecule has 0 aliphatic carbocycles. The van der Waals surface area contributed by atoms with Crippen LogP contribution in [0.2, 0.25) is 0 Å². The highest BCUT2D eigenvalue weighted by molar-refractivity contribution is 5.85. The highest BCUT2D eigenvalue weighted by Crippen LogP contribution is 2.26. The van der Waals surface area contributed by atoms with Crippen molar-refractivity contribution in [3.05, 3.63) is 29.3 Å². The van der Waals surface area contributed by atoms with Crippen LogP contribution in [-0.2, 0) is 6.42 Å². The van der Waals surface area contributed by atoms with Crippen molar-refractivity contribution in [2.75, 3.05) is 6.54 Å². The van der Waals surface area contributed by atoms with Gasteiger partial charge in [-0.15, -0.1) is 12.4 Å². The summed E-state index contributed by atoms with van der Waals surface area (Å²) in [4.78, 5) is 0. The van der Waals surface area contributed by atoms with Gasteiger partial charge in [0.25, 0.3) is 0 Å². The highest BCUT2D eigenvalue weighted by atomic mass is 35.5. The molecule has 0 fully saturated rings. The maximum atomic E-state index is 9.75. The number of aromatic hydroxyl groups is 1. The molecule has 1 aromatic carbocycles. The van der Waals surface area contributed by atoms with E-state index >= 15 is 0 Å². The third kappa shape index (κ3) is 2.61. The first-order valence-corrected chi connectivity index (χ1v) is 4.47. The van der Waals surface area contributed by atoms with Crippen LogP contribution < -0.4 is 11.5 Å². The molecule has 0 unspecified atom stereocenters. The third-order valence-corrected chi connectivity index (χ3v) is 2.19. The fraction of sp³-hybridized carbons (Fsp3) is 0.400. The van der Waals surface area contributed by atoms with Gasteiger partial charge in [-0.3, -0.25) is 0 Å². The number of hydrogen-bond donors (Lipinski definition) is 3. The van der Waals surface area contributed by atoms with Crippen molar-refractivity contribution < 1.29 is 5.11 Å². The maximum Gasteiger partial charge on any atom is 0.123 e. The lowest BCUT2D eigenvalue weighted by Crippen LogP contribution is -2.20. The van der Waals surface area contributed by atoms with Gasteiger partial charge in [-0.05, 0) is 12.0 Å². The molecule has 1 aromatic rings. The largest absolute Gasteiger partial charge is 0.507 e. The van der Waals surface area contributed by atoms with Gasteiger partial charge in [-0.2, -0.15) is 0 Å². The lowest BCUT2D eigenvalue weighted by Gasteiger charge is -2.13. The molecule has 14 heavy (non-hydrogen) atoms. The Morgan fingerprint density at radius 2 is 2.07 bits per heavy atom. The number of benzene rings is 1. The molecule has 3 nitrogen and oxygen atoms in total. The highest BCUT2D eigenvalue weighted by Gasteiger charge is 2.10. The molecule has 0 bridgehead atoms. The summed E-state index contributed by atoms with van der Waals surface area (Å²) in [5.41, 5.74) is 12.8. The molecular formula is C10H17ClN2O. The summed E-state index contributed by atoms with van der Waals surface area (Å²) in [6.45, 7) is 2.34. The fourth-order valence-electron chi connectivity index (χ4n) is 1.32. The number of halogens is 1. The quantitative estimate of drug-likeness (QED) is 0.714. The van der Waals surface area contributed by atoms with Gasteiger partial charge in [0.05, 0.1) is 0 Å². The summed E-state index contributed by atoms with van der Waals surface area (Å²) >= 11 is 0. The molecule has 0 heterocycles. The van der Waals surface area contributed by atoms with Crippen LogP contribution in [0.15, 0.2) is 18.2 Å². The molecule has 1 atom stereocenters. The van der Waals surface area contributed by atoms with Crippen molar-refractivity contribution in [3.8, 4) is 5.75 Å². The average Bonchev–Trinajstić information content (AvgIpc) is 2.17. The van der Waals surface area contributed by atoms with Crippen LogP contribution in [0.1, 0.15) is 24.1 Å². The second-order valence-electron chi connectivity index (χ2n) is 3.05. The number of rotatable bonds is 3. The molecule has 80 valence electrons. The Kier molecular flexibility index (Phi) is 5.53. The van der Waals surface area contributed by atoms with Gasteiger partial charge in [0, 0.05) is 18.2 Å². The summed E-state index contributed by atoms with van der Waals surface area (Å²) in [6.07, 6.45) is 0.803. The SMILES string of the molecule is CCc1cccc([C@@H](N)CN)c1O.Cl. The third-order valence-electron chi connectivity index (χ3n) is 2.19. The number of phenolic OH excluding ortho intramolecular Hbond substituents is 1. The van der Waals surface area contributed by atoms with Gasteiger partial charge in [-0.1, -0.05) is 25.1 Å². The van der Waals surface area contributed by atoms with Gasteiger partial charge in [-0.25, -0.2) is 0 Å². The average molecular weight is 217 g/mol. The Labute approximate surface area is 90.5 Å². The van der Waals surface area contributed by atoms with Crippen LogP contribution in [0, 0.1) is 0 Å². The van der Waals surface area contributed by atoms with Gasteiger partial charge < -0.3 is 16.6 Å². The van der Waals surface area contributed by atoms with Crippen molar-refractivity contribution in [1.82, 2.24) is 0 Å². The molecular weight excluding hydrogens is 200 g/mol. The van der Waals surface area contributed by atoms with Crippen molar-refractivity contribution in [2.24, 2.45) is 11.5 Å². The van der Waals surface area contributed by atoms with Crippen molar-refractivity contribution in [1.29, 1.82) is 0 Å². The molecule has 1 rings (SSSR count). The maximum absolute atomic E-state index is 9.75. The molecule has 0 amide bonds. The van der Waals surface area contributed by atoms with E-state index in [-0.39, 0.29) is 18.4 Å². The van der Waals surface area contributed by atoms with E-state index in [0.717, 1.165) is 17.5 Å². The molecule has 0 spiro atoms. The lowest BCUT2D eigenvalue weighted by atomic mass is 10.0. The minimum absolute atomic E-state index is 0. The van der Waals surface area contributed by atoms with Crippen molar-refractivity contribution in [3.63, 3.8) is 0 Å². The van der Waals surface area contributed by atoms with E-state index in [1.54, 1.807) is 0 Å². The van der Waals surface area contributed by atoms with E-state index in [1.165, 1.54) is 0 Å². The smallest absolute Gasteiger partial charge is 0.123 e. The van der Waals surface area contributed by atoms with Gasteiger partial charge in [0.1, 0.15) is 5.75 Å². The number of phenols is 1. The zero-order chi connectivity index (χ0) is 9.84. The summed E-state index contributed by atoms with van der Waals surface area (Å²) < 4.78 is 0. The van der Waals surface area contributed by atoms with E-state index < -0.39 is 0 Å². The van der Waals surface area contributed by atoms with Crippen LogP contribution in [0.25, 0.3) is 0 Å². The molecule has 4 heteroatoms. The number of hydrogen-bond acceptors (Lipinski definition) is 3. The molecule has 0 radical (unpaired) electrons. The van der Waals surface area contributed by atoms with E-state index in [2.05, 4.69) is 0 Å². The van der Waals surface area contributed by atoms with Crippen molar-refractivity contribution in [2.45, 2.75) is 19.4 Å². The summed E-state index contributed by atoms with van der Waals surface area (Å²) in [5, 5.41) is 9.75. The van der Waals surface area contributed by atoms with Crippen LogP contribution >= 0.6 is 12.4 Å². The first-order chi connectivity index (χ1) is 6.20. The molecule has 0 aliphatic heterocycles. The first-order valence-electron chi connectivity index (χ1n) is 4.47. The molecule has 0 saturated heterocycles. The van der Waals surface area contributed by atoms with Gasteiger partial charge in [0.2, 0.25) is 0 Å². The minimum Gasteiger partial charge on any atom is -0.507 e. The van der Waals surface area contributed by atoms with E-state index in [1.807, 2.05) is 25.1 Å². The first kappa shape index (κ1) is 13.2. The van der Waals surface area contributed by atoms with Crippen LogP contribution in [0.4, 0.5) is 0 Å². The zero-order valence-electron chi connectivity index (χ0n) is 8.23. The lowest BCUT2D eigenvalue weighted by molar-refractivity contribution is 0.455. The molecule has 0 aromatic heterocycles. The van der Waals surface area contributed by atoms with E-state index in [9.17, 15) is 5.11 Å². The fourth-order valence-corrected chi connectivity index (χ4v) is 1.32. The zero-order valence-corrected chi connectivity index (χ0v) is 9.05. The number of nitrogens with two attached hydrogens (primary N) is 2. The van der Waals surface area contributed by atoms with E-state index in [4.69, 9.17) is 11.5 Å². The van der Waals surface area contributed by atoms with E-state index in [0.29, 0.717) is 12.3 Å². The Morgan fingerprint density at radius 3 is 2.57 bits per heavy atom. The topological polar surface area (TPSA) is 72.3 Å². The predicted octanol–water partition coefficient (Wildman–Crippen LogP) is 1.33. The van der Waals surface area contributed by atoms with Crippen molar-refractivity contribution >= 4 is 12.4 Å². The summed E-state index contributed by atoms with van der Waals surface area (Å²) in [5.74, 6) is 0.294. The molecule has 0 saturated carbocycles. The van der Waals surface area contributed by atoms with Gasteiger partial charge in [0.15, 0.2) is 0 Å². The normalized spacial score (nSPS) is 11.9.